The maximum absolute atomic E-state index is 12.7. The van der Waals surface area contributed by atoms with Crippen molar-refractivity contribution in [3.8, 4) is 17.2 Å². The molecule has 4 rings (SSSR count). The Kier molecular flexibility index (Phi) is 5.15. The molecule has 1 aromatic heterocycles. The van der Waals surface area contributed by atoms with Crippen molar-refractivity contribution < 1.29 is 19.0 Å². The molecule has 0 saturated carbocycles. The highest BCUT2D eigenvalue weighted by molar-refractivity contribution is 6.03. The van der Waals surface area contributed by atoms with Gasteiger partial charge in [-0.15, -0.1) is 0 Å². The van der Waals surface area contributed by atoms with Crippen LogP contribution in [0.3, 0.4) is 0 Å². The summed E-state index contributed by atoms with van der Waals surface area (Å²) in [6.45, 7) is 2.73. The molecular formula is C21H20N4O4. The predicted molar refractivity (Wildman–Crippen MR) is 108 cm³/mol. The fourth-order valence-electron chi connectivity index (χ4n) is 2.91. The van der Waals surface area contributed by atoms with E-state index in [0.717, 1.165) is 11.4 Å². The summed E-state index contributed by atoms with van der Waals surface area (Å²) in [6.07, 6.45) is 0. The van der Waals surface area contributed by atoms with Crippen LogP contribution in [0.4, 0.5) is 17.2 Å². The lowest BCUT2D eigenvalue weighted by atomic mass is 10.2. The lowest BCUT2D eigenvalue weighted by Crippen LogP contribution is -2.17. The van der Waals surface area contributed by atoms with Crippen LogP contribution in [0.25, 0.3) is 0 Å². The number of benzene rings is 2. The van der Waals surface area contributed by atoms with Crippen molar-refractivity contribution in [3.05, 3.63) is 60.0 Å². The number of carbonyl (C=O) groups excluding carboxylic acids is 1. The van der Waals surface area contributed by atoms with E-state index in [0.29, 0.717) is 42.0 Å². The first-order valence-electron chi connectivity index (χ1n) is 9.08. The molecule has 0 unspecified atom stereocenters. The largest absolute Gasteiger partial charge is 0.497 e. The third-order valence-corrected chi connectivity index (χ3v) is 4.21. The molecule has 0 spiro atoms. The van der Waals surface area contributed by atoms with Crippen LogP contribution in [-0.2, 0) is 0 Å². The molecule has 0 atom stereocenters. The maximum atomic E-state index is 12.7. The summed E-state index contributed by atoms with van der Waals surface area (Å²) in [4.78, 5) is 21.3. The molecule has 1 aliphatic rings. The van der Waals surface area contributed by atoms with Gasteiger partial charge in [-0.1, -0.05) is 6.07 Å². The Morgan fingerprint density at radius 3 is 2.66 bits per heavy atom. The van der Waals surface area contributed by atoms with Gasteiger partial charge in [-0.2, -0.15) is 0 Å². The number of aromatic nitrogens is 2. The lowest BCUT2D eigenvalue weighted by Gasteiger charge is -2.19. The number of carbonyl (C=O) groups is 1. The first kappa shape index (κ1) is 18.5. The topological polar surface area (TPSA) is 94.6 Å². The first-order valence-corrected chi connectivity index (χ1v) is 9.08. The monoisotopic (exact) mass is 392 g/mol. The highest BCUT2D eigenvalue weighted by atomic mass is 16.6. The second-order valence-electron chi connectivity index (χ2n) is 6.36. The molecule has 0 radical (unpaired) electrons. The van der Waals surface area contributed by atoms with Gasteiger partial charge in [0.2, 0.25) is 0 Å². The smallest absolute Gasteiger partial charge is 0.274 e. The third-order valence-electron chi connectivity index (χ3n) is 4.21. The van der Waals surface area contributed by atoms with Gasteiger partial charge >= 0.3 is 0 Å². The number of nitrogens with one attached hydrogen (secondary N) is 2. The van der Waals surface area contributed by atoms with Crippen LogP contribution < -0.4 is 24.8 Å². The average Bonchev–Trinajstić information content (AvgIpc) is 2.73. The van der Waals surface area contributed by atoms with E-state index in [2.05, 4.69) is 20.6 Å². The molecule has 0 saturated heterocycles. The zero-order valence-corrected chi connectivity index (χ0v) is 16.1. The van der Waals surface area contributed by atoms with E-state index < -0.39 is 0 Å². The Bertz CT molecular complexity index is 1050. The standard InChI is InChI=1S/C21H20N4O4/c1-13-22-17(12-20(23-13)24-14-4-3-5-16(10-14)27-2)21(26)25-15-6-7-18-19(11-15)29-9-8-28-18/h3-7,10-12H,8-9H2,1-2H3,(H,25,26)(H,22,23,24). The summed E-state index contributed by atoms with van der Waals surface area (Å²) in [5.41, 5.74) is 1.64. The van der Waals surface area contributed by atoms with Crippen LogP contribution in [0.2, 0.25) is 0 Å². The van der Waals surface area contributed by atoms with Gasteiger partial charge in [0.1, 0.15) is 36.3 Å². The lowest BCUT2D eigenvalue weighted by molar-refractivity contribution is 0.102. The Labute approximate surface area is 167 Å². The molecule has 1 aliphatic heterocycles. The van der Waals surface area contributed by atoms with Gasteiger partial charge in [0, 0.05) is 29.6 Å². The van der Waals surface area contributed by atoms with E-state index in [1.54, 1.807) is 38.3 Å². The zero-order valence-electron chi connectivity index (χ0n) is 16.1. The van der Waals surface area contributed by atoms with Gasteiger partial charge in [-0.3, -0.25) is 4.79 Å². The first-order chi connectivity index (χ1) is 14.1. The number of ether oxygens (including phenoxy) is 3. The Morgan fingerprint density at radius 1 is 1.00 bits per heavy atom. The highest BCUT2D eigenvalue weighted by Crippen LogP contribution is 2.32. The summed E-state index contributed by atoms with van der Waals surface area (Å²) in [5.74, 6) is 2.63. The van der Waals surface area contributed by atoms with E-state index in [4.69, 9.17) is 14.2 Å². The molecule has 8 heteroatoms. The van der Waals surface area contributed by atoms with Crippen molar-refractivity contribution in [1.82, 2.24) is 9.97 Å². The van der Waals surface area contributed by atoms with E-state index in [9.17, 15) is 4.79 Å². The van der Waals surface area contributed by atoms with Crippen molar-refractivity contribution in [2.24, 2.45) is 0 Å². The maximum Gasteiger partial charge on any atom is 0.274 e. The van der Waals surface area contributed by atoms with Gasteiger partial charge in [-0.25, -0.2) is 9.97 Å². The van der Waals surface area contributed by atoms with Gasteiger partial charge < -0.3 is 24.8 Å². The molecular weight excluding hydrogens is 372 g/mol. The highest BCUT2D eigenvalue weighted by Gasteiger charge is 2.15. The van der Waals surface area contributed by atoms with Crippen LogP contribution in [-0.4, -0.2) is 36.2 Å². The van der Waals surface area contributed by atoms with Crippen LogP contribution in [0.1, 0.15) is 16.3 Å². The summed E-state index contributed by atoms with van der Waals surface area (Å²) in [5, 5.41) is 6.00. The minimum Gasteiger partial charge on any atom is -0.497 e. The number of anilines is 3. The van der Waals surface area contributed by atoms with Crippen molar-refractivity contribution in [1.29, 1.82) is 0 Å². The molecule has 0 aliphatic carbocycles. The van der Waals surface area contributed by atoms with E-state index in [-0.39, 0.29) is 11.6 Å². The molecule has 2 heterocycles. The van der Waals surface area contributed by atoms with Gasteiger partial charge in [0.15, 0.2) is 11.5 Å². The fourth-order valence-corrected chi connectivity index (χ4v) is 2.91. The van der Waals surface area contributed by atoms with E-state index >= 15 is 0 Å². The second kappa shape index (κ2) is 8.05. The molecule has 1 amide bonds. The number of aryl methyl sites for hydroxylation is 1. The Morgan fingerprint density at radius 2 is 1.83 bits per heavy atom. The molecule has 2 aromatic carbocycles. The summed E-state index contributed by atoms with van der Waals surface area (Å²) in [6, 6.07) is 14.3. The number of fused-ring (bicyclic) bond motifs is 1. The number of methoxy groups -OCH3 is 1. The molecule has 0 fully saturated rings. The molecule has 8 nitrogen and oxygen atoms in total. The van der Waals surface area contributed by atoms with Gasteiger partial charge in [0.05, 0.1) is 7.11 Å². The van der Waals surface area contributed by atoms with Crippen molar-refractivity contribution in [3.63, 3.8) is 0 Å². The average molecular weight is 392 g/mol. The summed E-state index contributed by atoms with van der Waals surface area (Å²) in [7, 11) is 1.61. The SMILES string of the molecule is COc1cccc(Nc2cc(C(=O)Nc3ccc4c(c3)OCCO4)nc(C)n2)c1. The fraction of sp³-hybridized carbons (Fsp3) is 0.190. The predicted octanol–water partition coefficient (Wildman–Crippen LogP) is 3.56. The minimum atomic E-state index is -0.346. The van der Waals surface area contributed by atoms with Crippen LogP contribution in [0.15, 0.2) is 48.5 Å². The summed E-state index contributed by atoms with van der Waals surface area (Å²) < 4.78 is 16.3. The summed E-state index contributed by atoms with van der Waals surface area (Å²) >= 11 is 0. The number of nitrogens with zero attached hydrogens (tertiary/aromatic N) is 2. The molecule has 0 bridgehead atoms. The van der Waals surface area contributed by atoms with Crippen molar-refractivity contribution in [2.45, 2.75) is 6.92 Å². The van der Waals surface area contributed by atoms with E-state index in [1.807, 2.05) is 24.3 Å². The number of hydrogen-bond acceptors (Lipinski definition) is 7. The molecule has 3 aromatic rings. The molecule has 29 heavy (non-hydrogen) atoms. The van der Waals surface area contributed by atoms with Crippen LogP contribution in [0, 0.1) is 6.92 Å². The van der Waals surface area contributed by atoms with Crippen LogP contribution in [0.5, 0.6) is 17.2 Å². The normalized spacial score (nSPS) is 12.2. The van der Waals surface area contributed by atoms with Crippen LogP contribution >= 0.6 is 0 Å². The zero-order chi connectivity index (χ0) is 20.2. The molecule has 148 valence electrons. The third kappa shape index (κ3) is 4.37. The number of rotatable bonds is 5. The quantitative estimate of drug-likeness (QED) is 0.685. The minimum absolute atomic E-state index is 0.248. The number of hydrogen-bond donors (Lipinski definition) is 2. The Hall–Kier alpha value is -3.81. The molecule has 2 N–H and O–H groups in total. The number of amides is 1. The van der Waals surface area contributed by atoms with Crippen molar-refractivity contribution >= 4 is 23.1 Å². The second-order valence-corrected chi connectivity index (χ2v) is 6.36. The Balaban J connectivity index is 1.52. The van der Waals surface area contributed by atoms with Gasteiger partial charge in [-0.05, 0) is 31.2 Å². The van der Waals surface area contributed by atoms with Crippen molar-refractivity contribution in [2.75, 3.05) is 31.0 Å². The van der Waals surface area contributed by atoms with Gasteiger partial charge in [0.25, 0.3) is 5.91 Å². The van der Waals surface area contributed by atoms with E-state index in [1.165, 1.54) is 0 Å².